The molecule has 1 aromatic heterocycles. The molecule has 6 nitrogen and oxygen atoms in total. The quantitative estimate of drug-likeness (QED) is 0.812. The monoisotopic (exact) mass is 334 g/mol. The Balaban J connectivity index is 1.81. The van der Waals surface area contributed by atoms with Crippen LogP contribution >= 0.6 is 11.6 Å². The lowest BCUT2D eigenvalue weighted by atomic mass is 10.2. The van der Waals surface area contributed by atoms with Crippen LogP contribution in [0.4, 0.5) is 11.6 Å². The molecule has 1 heterocycles. The van der Waals surface area contributed by atoms with Crippen LogP contribution in [0.5, 0.6) is 5.75 Å². The number of rotatable bonds is 7. The molecule has 0 aliphatic carbocycles. The zero-order valence-corrected chi connectivity index (χ0v) is 13.8. The van der Waals surface area contributed by atoms with Crippen molar-refractivity contribution in [3.8, 4) is 5.75 Å². The molecule has 23 heavy (non-hydrogen) atoms. The van der Waals surface area contributed by atoms with E-state index in [1.807, 2.05) is 0 Å². The number of carbonyl (C=O) groups excluding carboxylic acids is 1. The number of anilines is 2. The number of benzene rings is 1. The molecule has 0 aliphatic heterocycles. The number of hydrogen-bond acceptors (Lipinski definition) is 5. The first-order valence-electron chi connectivity index (χ1n) is 7.35. The SMILES string of the molecule is CCC(C)Nc1ccc(NC(=O)COc2ccc(Cl)cc2)nn1. The van der Waals surface area contributed by atoms with Gasteiger partial charge in [0.15, 0.2) is 12.4 Å². The average molecular weight is 335 g/mol. The highest BCUT2D eigenvalue weighted by Gasteiger charge is 2.06. The van der Waals surface area contributed by atoms with Crippen molar-refractivity contribution < 1.29 is 9.53 Å². The Morgan fingerprint density at radius 3 is 2.43 bits per heavy atom. The van der Waals surface area contributed by atoms with Gasteiger partial charge in [0.05, 0.1) is 0 Å². The summed E-state index contributed by atoms with van der Waals surface area (Å²) in [6.07, 6.45) is 0.988. The maximum Gasteiger partial charge on any atom is 0.263 e. The molecule has 7 heteroatoms. The van der Waals surface area contributed by atoms with E-state index >= 15 is 0 Å². The largest absolute Gasteiger partial charge is 0.484 e. The molecule has 0 saturated carbocycles. The van der Waals surface area contributed by atoms with Gasteiger partial charge in [0, 0.05) is 11.1 Å². The average Bonchev–Trinajstić information content (AvgIpc) is 2.56. The van der Waals surface area contributed by atoms with Crippen LogP contribution in [0.2, 0.25) is 5.02 Å². The third kappa shape index (κ3) is 5.75. The number of halogens is 1. The zero-order valence-electron chi connectivity index (χ0n) is 13.0. The zero-order chi connectivity index (χ0) is 16.7. The fourth-order valence-corrected chi connectivity index (χ4v) is 1.82. The molecule has 2 rings (SSSR count). The van der Waals surface area contributed by atoms with Gasteiger partial charge in [0.1, 0.15) is 11.6 Å². The molecule has 2 aromatic rings. The van der Waals surface area contributed by atoms with Gasteiger partial charge in [-0.05, 0) is 49.7 Å². The summed E-state index contributed by atoms with van der Waals surface area (Å²) in [5.41, 5.74) is 0. The topological polar surface area (TPSA) is 76.1 Å². The van der Waals surface area contributed by atoms with Gasteiger partial charge in [-0.2, -0.15) is 0 Å². The molecule has 0 bridgehead atoms. The maximum absolute atomic E-state index is 11.8. The Kier molecular flexibility index (Phi) is 6.17. The standard InChI is InChI=1S/C16H19ClN4O2/c1-3-11(2)18-14-8-9-15(21-20-14)19-16(22)10-23-13-6-4-12(17)5-7-13/h4-9,11H,3,10H2,1-2H3,(H,18,20)(H,19,21,22). The summed E-state index contributed by atoms with van der Waals surface area (Å²) in [6.45, 7) is 4.03. The van der Waals surface area contributed by atoms with Crippen molar-refractivity contribution >= 4 is 29.1 Å². The minimum Gasteiger partial charge on any atom is -0.484 e. The van der Waals surface area contributed by atoms with Gasteiger partial charge in [-0.3, -0.25) is 4.79 Å². The molecule has 0 radical (unpaired) electrons. The fourth-order valence-electron chi connectivity index (χ4n) is 1.69. The highest BCUT2D eigenvalue weighted by molar-refractivity contribution is 6.30. The molecule has 2 N–H and O–H groups in total. The van der Waals surface area contributed by atoms with Gasteiger partial charge in [-0.15, -0.1) is 10.2 Å². The summed E-state index contributed by atoms with van der Waals surface area (Å²) in [4.78, 5) is 11.8. The summed E-state index contributed by atoms with van der Waals surface area (Å²) in [6, 6.07) is 10.6. The molecule has 1 amide bonds. The number of nitrogens with zero attached hydrogens (tertiary/aromatic N) is 2. The second kappa shape index (κ2) is 8.33. The second-order valence-corrected chi connectivity index (χ2v) is 5.48. The summed E-state index contributed by atoms with van der Waals surface area (Å²) in [5, 5.41) is 14.4. The number of carbonyl (C=O) groups is 1. The Hall–Kier alpha value is -2.34. The van der Waals surface area contributed by atoms with E-state index in [-0.39, 0.29) is 12.5 Å². The van der Waals surface area contributed by atoms with Crippen molar-refractivity contribution in [1.82, 2.24) is 10.2 Å². The van der Waals surface area contributed by atoms with Crippen molar-refractivity contribution in [3.63, 3.8) is 0 Å². The maximum atomic E-state index is 11.8. The Labute approximate surface area is 140 Å². The van der Waals surface area contributed by atoms with Crippen LogP contribution in [0.3, 0.4) is 0 Å². The number of amides is 1. The molecule has 0 fully saturated rings. The molecule has 122 valence electrons. The van der Waals surface area contributed by atoms with Gasteiger partial charge in [0.2, 0.25) is 0 Å². The molecule has 0 aliphatic rings. The normalized spacial score (nSPS) is 11.6. The summed E-state index contributed by atoms with van der Waals surface area (Å²) in [5.74, 6) is 1.32. The molecule has 1 atom stereocenters. The third-order valence-corrected chi connectivity index (χ3v) is 3.37. The van der Waals surface area contributed by atoms with Crippen molar-refractivity contribution in [1.29, 1.82) is 0 Å². The van der Waals surface area contributed by atoms with Gasteiger partial charge < -0.3 is 15.4 Å². The number of aromatic nitrogens is 2. The minimum absolute atomic E-state index is 0.115. The van der Waals surface area contributed by atoms with E-state index in [0.717, 1.165) is 6.42 Å². The van der Waals surface area contributed by atoms with Crippen molar-refractivity contribution in [2.24, 2.45) is 0 Å². The van der Waals surface area contributed by atoms with Crippen LogP contribution in [0.15, 0.2) is 36.4 Å². The molecular weight excluding hydrogens is 316 g/mol. The first kappa shape index (κ1) is 17.0. The predicted octanol–water partition coefficient (Wildman–Crippen LogP) is 3.36. The Morgan fingerprint density at radius 2 is 1.83 bits per heavy atom. The number of nitrogens with one attached hydrogen (secondary N) is 2. The summed E-state index contributed by atoms with van der Waals surface area (Å²) >= 11 is 5.78. The van der Waals surface area contributed by atoms with E-state index in [0.29, 0.717) is 28.4 Å². The van der Waals surface area contributed by atoms with Crippen LogP contribution in [0, 0.1) is 0 Å². The second-order valence-electron chi connectivity index (χ2n) is 5.05. The van der Waals surface area contributed by atoms with Crippen LogP contribution in [-0.2, 0) is 4.79 Å². The third-order valence-electron chi connectivity index (χ3n) is 3.12. The minimum atomic E-state index is -0.308. The van der Waals surface area contributed by atoms with E-state index in [1.165, 1.54) is 0 Å². The molecular formula is C16H19ClN4O2. The lowest BCUT2D eigenvalue weighted by molar-refractivity contribution is -0.118. The molecule has 1 aromatic carbocycles. The van der Waals surface area contributed by atoms with E-state index in [9.17, 15) is 4.79 Å². The van der Waals surface area contributed by atoms with E-state index < -0.39 is 0 Å². The first-order chi connectivity index (χ1) is 11.1. The van der Waals surface area contributed by atoms with E-state index in [1.54, 1.807) is 36.4 Å². The smallest absolute Gasteiger partial charge is 0.263 e. The number of ether oxygens (including phenoxy) is 1. The molecule has 0 saturated heterocycles. The first-order valence-corrected chi connectivity index (χ1v) is 7.73. The van der Waals surface area contributed by atoms with Crippen molar-refractivity contribution in [2.75, 3.05) is 17.2 Å². The fraction of sp³-hybridized carbons (Fsp3) is 0.312. The van der Waals surface area contributed by atoms with E-state index in [4.69, 9.17) is 16.3 Å². The number of hydrogen-bond donors (Lipinski definition) is 2. The van der Waals surface area contributed by atoms with Crippen LogP contribution in [-0.4, -0.2) is 28.8 Å². The van der Waals surface area contributed by atoms with Crippen LogP contribution in [0.1, 0.15) is 20.3 Å². The van der Waals surface area contributed by atoms with Gasteiger partial charge in [0.25, 0.3) is 5.91 Å². The lowest BCUT2D eigenvalue weighted by Crippen LogP contribution is -2.21. The van der Waals surface area contributed by atoms with E-state index in [2.05, 4.69) is 34.7 Å². The van der Waals surface area contributed by atoms with Crippen LogP contribution < -0.4 is 15.4 Å². The molecule has 1 unspecified atom stereocenters. The predicted molar refractivity (Wildman–Crippen MR) is 91.0 cm³/mol. The lowest BCUT2D eigenvalue weighted by Gasteiger charge is -2.11. The summed E-state index contributed by atoms with van der Waals surface area (Å²) < 4.78 is 5.35. The summed E-state index contributed by atoms with van der Waals surface area (Å²) in [7, 11) is 0. The molecule has 0 spiro atoms. The Bertz CT molecular complexity index is 632. The highest BCUT2D eigenvalue weighted by Crippen LogP contribution is 2.15. The van der Waals surface area contributed by atoms with Gasteiger partial charge >= 0.3 is 0 Å². The van der Waals surface area contributed by atoms with Gasteiger partial charge in [-0.25, -0.2) is 0 Å². The van der Waals surface area contributed by atoms with Crippen molar-refractivity contribution in [2.45, 2.75) is 26.3 Å². The van der Waals surface area contributed by atoms with Crippen molar-refractivity contribution in [3.05, 3.63) is 41.4 Å². The van der Waals surface area contributed by atoms with Crippen LogP contribution in [0.25, 0.3) is 0 Å². The highest BCUT2D eigenvalue weighted by atomic mass is 35.5. The Morgan fingerprint density at radius 1 is 1.17 bits per heavy atom. The van der Waals surface area contributed by atoms with Gasteiger partial charge in [-0.1, -0.05) is 18.5 Å².